The minimum atomic E-state index is 0.338. The van der Waals surface area contributed by atoms with Crippen LogP contribution in [0.4, 0.5) is 0 Å². The van der Waals surface area contributed by atoms with Crippen LogP contribution in [0.3, 0.4) is 0 Å². The van der Waals surface area contributed by atoms with E-state index >= 15 is 0 Å². The highest BCUT2D eigenvalue weighted by molar-refractivity contribution is 5.57. The van der Waals surface area contributed by atoms with Gasteiger partial charge in [0.25, 0.3) is 0 Å². The minimum absolute atomic E-state index is 0.338. The molecule has 0 aliphatic heterocycles. The summed E-state index contributed by atoms with van der Waals surface area (Å²) >= 11 is 0. The lowest BCUT2D eigenvalue weighted by Gasteiger charge is -2.02. The fourth-order valence-corrected chi connectivity index (χ4v) is 1.40. The van der Waals surface area contributed by atoms with Gasteiger partial charge in [0, 0.05) is 14.2 Å². The Bertz CT molecular complexity index is 405. The summed E-state index contributed by atoms with van der Waals surface area (Å²) in [5.41, 5.74) is 2.69. The van der Waals surface area contributed by atoms with E-state index in [9.17, 15) is 0 Å². The van der Waals surface area contributed by atoms with E-state index < -0.39 is 0 Å². The van der Waals surface area contributed by atoms with Crippen LogP contribution in [-0.2, 0) is 16.1 Å². The molecule has 0 unspecified atom stereocenters. The second-order valence-electron chi connectivity index (χ2n) is 3.39. The van der Waals surface area contributed by atoms with Crippen molar-refractivity contribution in [2.24, 2.45) is 0 Å². The van der Waals surface area contributed by atoms with Crippen LogP contribution in [0.25, 0.3) is 6.08 Å². The third kappa shape index (κ3) is 3.85. The summed E-state index contributed by atoms with van der Waals surface area (Å²) < 4.78 is 9.98. The summed E-state index contributed by atoms with van der Waals surface area (Å²) in [5.74, 6) is 0. The summed E-state index contributed by atoms with van der Waals surface area (Å²) in [5, 5.41) is 8.87. The molecular formula is C13H15NO2. The van der Waals surface area contributed by atoms with Crippen molar-refractivity contribution < 1.29 is 9.47 Å². The third-order valence-corrected chi connectivity index (χ3v) is 2.05. The number of nitriles is 1. The van der Waals surface area contributed by atoms with E-state index in [2.05, 4.69) is 6.07 Å². The van der Waals surface area contributed by atoms with E-state index in [-0.39, 0.29) is 0 Å². The van der Waals surface area contributed by atoms with Gasteiger partial charge in [0.1, 0.15) is 0 Å². The first kappa shape index (κ1) is 12.4. The van der Waals surface area contributed by atoms with E-state index in [1.165, 1.54) is 0 Å². The molecule has 16 heavy (non-hydrogen) atoms. The number of nitrogens with zero attached hydrogens (tertiary/aromatic N) is 1. The van der Waals surface area contributed by atoms with Gasteiger partial charge in [-0.15, -0.1) is 0 Å². The van der Waals surface area contributed by atoms with Gasteiger partial charge in [-0.05, 0) is 23.3 Å². The molecular weight excluding hydrogens is 202 g/mol. The van der Waals surface area contributed by atoms with Gasteiger partial charge >= 0.3 is 0 Å². The number of benzene rings is 1. The standard InChI is InChI=1S/C13H15NO2/c1-15-9-12-5-3-4-11(6-12)7-13(8-14)10-16-2/h3-7H,9-10H2,1-2H3/b13-7+. The van der Waals surface area contributed by atoms with Gasteiger partial charge in [-0.2, -0.15) is 5.26 Å². The predicted octanol–water partition coefficient (Wildman–Crippen LogP) is 2.39. The Kier molecular flexibility index (Phi) is 5.27. The molecule has 0 amide bonds. The van der Waals surface area contributed by atoms with Crippen LogP contribution in [0.5, 0.6) is 0 Å². The van der Waals surface area contributed by atoms with E-state index in [0.29, 0.717) is 18.8 Å². The predicted molar refractivity (Wildman–Crippen MR) is 62.6 cm³/mol. The van der Waals surface area contributed by atoms with Crippen LogP contribution >= 0.6 is 0 Å². The van der Waals surface area contributed by atoms with E-state index in [1.54, 1.807) is 14.2 Å². The van der Waals surface area contributed by atoms with E-state index in [1.807, 2.05) is 30.3 Å². The number of methoxy groups -OCH3 is 2. The molecule has 1 aromatic rings. The molecule has 0 saturated heterocycles. The number of hydrogen-bond acceptors (Lipinski definition) is 3. The van der Waals surface area contributed by atoms with Gasteiger partial charge in [-0.25, -0.2) is 0 Å². The average molecular weight is 217 g/mol. The van der Waals surface area contributed by atoms with Crippen molar-refractivity contribution in [1.29, 1.82) is 5.26 Å². The molecule has 0 aliphatic carbocycles. The lowest BCUT2D eigenvalue weighted by molar-refractivity contribution is 0.185. The Hall–Kier alpha value is -1.63. The van der Waals surface area contributed by atoms with Crippen molar-refractivity contribution in [3.63, 3.8) is 0 Å². The minimum Gasteiger partial charge on any atom is -0.380 e. The number of rotatable bonds is 5. The molecule has 0 fully saturated rings. The Morgan fingerprint density at radius 1 is 1.38 bits per heavy atom. The molecule has 0 bridgehead atoms. The molecule has 0 atom stereocenters. The van der Waals surface area contributed by atoms with Gasteiger partial charge in [0.05, 0.1) is 24.9 Å². The van der Waals surface area contributed by atoms with Crippen molar-refractivity contribution in [2.45, 2.75) is 6.61 Å². The average Bonchev–Trinajstić information content (AvgIpc) is 2.29. The SMILES string of the molecule is COC/C(C#N)=C/c1cccc(COC)c1. The van der Waals surface area contributed by atoms with Gasteiger partial charge in [-0.3, -0.25) is 0 Å². The highest BCUT2D eigenvalue weighted by Gasteiger charge is 1.97. The highest BCUT2D eigenvalue weighted by Crippen LogP contribution is 2.10. The van der Waals surface area contributed by atoms with Gasteiger partial charge < -0.3 is 9.47 Å². The Balaban J connectivity index is 2.87. The first-order valence-electron chi connectivity index (χ1n) is 4.97. The molecule has 84 valence electrons. The van der Waals surface area contributed by atoms with Gasteiger partial charge in [-0.1, -0.05) is 18.2 Å². The van der Waals surface area contributed by atoms with Crippen molar-refractivity contribution >= 4 is 6.08 Å². The molecule has 0 spiro atoms. The normalized spacial score (nSPS) is 11.2. The van der Waals surface area contributed by atoms with Gasteiger partial charge in [0.2, 0.25) is 0 Å². The van der Waals surface area contributed by atoms with Crippen LogP contribution in [0.15, 0.2) is 29.8 Å². The van der Waals surface area contributed by atoms with Crippen molar-refractivity contribution in [1.82, 2.24) is 0 Å². The van der Waals surface area contributed by atoms with Crippen LogP contribution in [0, 0.1) is 11.3 Å². The second kappa shape index (κ2) is 6.78. The van der Waals surface area contributed by atoms with E-state index in [4.69, 9.17) is 14.7 Å². The Morgan fingerprint density at radius 2 is 2.19 bits per heavy atom. The number of ether oxygens (including phenoxy) is 2. The molecule has 0 aromatic heterocycles. The zero-order valence-corrected chi connectivity index (χ0v) is 9.56. The van der Waals surface area contributed by atoms with Crippen molar-refractivity contribution in [3.05, 3.63) is 41.0 Å². The smallest absolute Gasteiger partial charge is 0.0971 e. The van der Waals surface area contributed by atoms with Crippen LogP contribution in [0.2, 0.25) is 0 Å². The van der Waals surface area contributed by atoms with Gasteiger partial charge in [0.15, 0.2) is 0 Å². The maximum Gasteiger partial charge on any atom is 0.0971 e. The lowest BCUT2D eigenvalue weighted by atomic mass is 10.1. The van der Waals surface area contributed by atoms with Crippen LogP contribution in [-0.4, -0.2) is 20.8 Å². The van der Waals surface area contributed by atoms with Crippen LogP contribution < -0.4 is 0 Å². The first-order chi connectivity index (χ1) is 7.80. The quantitative estimate of drug-likeness (QED) is 0.711. The van der Waals surface area contributed by atoms with E-state index in [0.717, 1.165) is 11.1 Å². The molecule has 0 radical (unpaired) electrons. The fraction of sp³-hybridized carbons (Fsp3) is 0.308. The third-order valence-electron chi connectivity index (χ3n) is 2.05. The van der Waals surface area contributed by atoms with Crippen LogP contribution in [0.1, 0.15) is 11.1 Å². The molecule has 1 aromatic carbocycles. The highest BCUT2D eigenvalue weighted by atomic mass is 16.5. The molecule has 0 heterocycles. The summed E-state index contributed by atoms with van der Waals surface area (Å²) in [7, 11) is 3.24. The first-order valence-corrected chi connectivity index (χ1v) is 4.97. The monoisotopic (exact) mass is 217 g/mol. The summed E-state index contributed by atoms with van der Waals surface area (Å²) in [6.45, 7) is 0.916. The molecule has 0 N–H and O–H groups in total. The summed E-state index contributed by atoms with van der Waals surface area (Å²) in [6.07, 6.45) is 1.82. The molecule has 0 aliphatic rings. The second-order valence-corrected chi connectivity index (χ2v) is 3.39. The lowest BCUT2D eigenvalue weighted by Crippen LogP contribution is -1.92. The Labute approximate surface area is 95.9 Å². The largest absolute Gasteiger partial charge is 0.380 e. The number of hydrogen-bond donors (Lipinski definition) is 0. The molecule has 1 rings (SSSR count). The molecule has 0 saturated carbocycles. The summed E-state index contributed by atoms with van der Waals surface area (Å²) in [6, 6.07) is 9.99. The zero-order chi connectivity index (χ0) is 11.8. The van der Waals surface area contributed by atoms with Crippen molar-refractivity contribution in [3.8, 4) is 6.07 Å². The maximum atomic E-state index is 8.87. The maximum absolute atomic E-state index is 8.87. The Morgan fingerprint density at radius 3 is 2.81 bits per heavy atom. The topological polar surface area (TPSA) is 42.2 Å². The fourth-order valence-electron chi connectivity index (χ4n) is 1.40. The van der Waals surface area contributed by atoms with Crippen molar-refractivity contribution in [2.75, 3.05) is 20.8 Å². The molecule has 3 heteroatoms. The molecule has 3 nitrogen and oxygen atoms in total. The zero-order valence-electron chi connectivity index (χ0n) is 9.56. The summed E-state index contributed by atoms with van der Waals surface area (Å²) in [4.78, 5) is 0.